The van der Waals surface area contributed by atoms with E-state index in [1.54, 1.807) is 32.2 Å². The van der Waals surface area contributed by atoms with Crippen LogP contribution in [0.4, 0.5) is 4.39 Å². The first kappa shape index (κ1) is 26.8. The zero-order valence-electron chi connectivity index (χ0n) is 21.0. The molecule has 1 heterocycles. The summed E-state index contributed by atoms with van der Waals surface area (Å²) in [6, 6.07) is 19.6. The number of halogens is 1. The Morgan fingerprint density at radius 2 is 1.78 bits per heavy atom. The van der Waals surface area contributed by atoms with Crippen LogP contribution in [-0.4, -0.2) is 67.5 Å². The van der Waals surface area contributed by atoms with Crippen LogP contribution < -0.4 is 4.74 Å². The summed E-state index contributed by atoms with van der Waals surface area (Å²) in [5.41, 5.74) is 1.62. The minimum atomic E-state index is -3.98. The van der Waals surface area contributed by atoms with Crippen LogP contribution in [0.1, 0.15) is 24.2 Å². The van der Waals surface area contributed by atoms with E-state index in [-0.39, 0.29) is 41.8 Å². The number of benzene rings is 3. The summed E-state index contributed by atoms with van der Waals surface area (Å²) < 4.78 is 49.2. The van der Waals surface area contributed by atoms with E-state index in [0.717, 1.165) is 11.1 Å². The van der Waals surface area contributed by atoms with E-state index in [4.69, 9.17) is 4.74 Å². The second kappa shape index (κ2) is 11.0. The number of sulfonamides is 1. The summed E-state index contributed by atoms with van der Waals surface area (Å²) in [4.78, 5) is 14.4. The molecule has 0 aromatic heterocycles. The minimum Gasteiger partial charge on any atom is -0.487 e. The molecular formula is C28H31FN2O5S. The second-order valence-corrected chi connectivity index (χ2v) is 11.3. The molecule has 1 aliphatic heterocycles. The molecule has 3 aromatic rings. The summed E-state index contributed by atoms with van der Waals surface area (Å²) in [5.74, 6) is -1.30. The molecule has 1 N–H and O–H groups in total. The Labute approximate surface area is 217 Å². The highest BCUT2D eigenvalue weighted by molar-refractivity contribution is 7.89. The number of nitrogens with zero attached hydrogens (tertiary/aromatic N) is 2. The fourth-order valence-electron chi connectivity index (χ4n) is 4.45. The largest absolute Gasteiger partial charge is 0.487 e. The van der Waals surface area contributed by atoms with E-state index in [1.165, 1.54) is 33.5 Å². The van der Waals surface area contributed by atoms with Crippen molar-refractivity contribution in [1.82, 2.24) is 9.21 Å². The number of rotatable bonds is 6. The SMILES string of the molecule is C[C@H]1CN([C@@H](C)CO)S(=O)(=O)c2ccc(-c3ccccc3)cc2O[C@H]1CN(C)C(=O)c1ccccc1F. The van der Waals surface area contributed by atoms with Crippen molar-refractivity contribution in [3.05, 3.63) is 84.2 Å². The van der Waals surface area contributed by atoms with Crippen LogP contribution in [0.25, 0.3) is 11.1 Å². The third-order valence-electron chi connectivity index (χ3n) is 6.68. The van der Waals surface area contributed by atoms with Crippen molar-refractivity contribution in [2.45, 2.75) is 30.9 Å². The maximum atomic E-state index is 14.3. The number of aliphatic hydroxyl groups is 1. The lowest BCUT2D eigenvalue weighted by Gasteiger charge is -2.37. The van der Waals surface area contributed by atoms with E-state index in [0.29, 0.717) is 0 Å². The van der Waals surface area contributed by atoms with Gasteiger partial charge >= 0.3 is 0 Å². The maximum absolute atomic E-state index is 14.3. The van der Waals surface area contributed by atoms with Crippen molar-refractivity contribution < 1.29 is 27.4 Å². The van der Waals surface area contributed by atoms with Gasteiger partial charge in [0.25, 0.3) is 5.91 Å². The van der Waals surface area contributed by atoms with Gasteiger partial charge in [-0.15, -0.1) is 0 Å². The number of fused-ring (bicyclic) bond motifs is 1. The summed E-state index contributed by atoms with van der Waals surface area (Å²) in [7, 11) is -2.42. The molecule has 1 amide bonds. The Bertz CT molecular complexity index is 1370. The predicted octanol–water partition coefficient (Wildman–Crippen LogP) is 4.03. The highest BCUT2D eigenvalue weighted by atomic mass is 32.2. The number of likely N-dealkylation sites (N-methyl/N-ethyl adjacent to an activating group) is 1. The predicted molar refractivity (Wildman–Crippen MR) is 139 cm³/mol. The first-order chi connectivity index (χ1) is 17.6. The Balaban J connectivity index is 1.74. The van der Waals surface area contributed by atoms with Crippen LogP contribution >= 0.6 is 0 Å². The smallest absolute Gasteiger partial charge is 0.256 e. The van der Waals surface area contributed by atoms with Gasteiger partial charge in [-0.3, -0.25) is 4.79 Å². The van der Waals surface area contributed by atoms with Crippen LogP contribution in [0, 0.1) is 11.7 Å². The van der Waals surface area contributed by atoms with Crippen molar-refractivity contribution in [2.24, 2.45) is 5.92 Å². The lowest BCUT2D eigenvalue weighted by molar-refractivity contribution is 0.0560. The number of ether oxygens (including phenoxy) is 1. The van der Waals surface area contributed by atoms with Gasteiger partial charge in [-0.05, 0) is 42.3 Å². The summed E-state index contributed by atoms with van der Waals surface area (Å²) in [6.45, 7) is 3.32. The molecule has 0 spiro atoms. The molecule has 0 unspecified atom stereocenters. The summed E-state index contributed by atoms with van der Waals surface area (Å²) >= 11 is 0. The fourth-order valence-corrected chi connectivity index (χ4v) is 6.27. The molecule has 4 rings (SSSR count). The van der Waals surface area contributed by atoms with Gasteiger partial charge < -0.3 is 14.7 Å². The van der Waals surface area contributed by atoms with E-state index in [1.807, 2.05) is 37.3 Å². The van der Waals surface area contributed by atoms with E-state index < -0.39 is 33.9 Å². The molecule has 7 nitrogen and oxygen atoms in total. The third kappa shape index (κ3) is 5.53. The lowest BCUT2D eigenvalue weighted by Crippen LogP contribution is -2.50. The average molecular weight is 527 g/mol. The van der Waals surface area contributed by atoms with Crippen LogP contribution in [-0.2, 0) is 10.0 Å². The first-order valence-corrected chi connectivity index (χ1v) is 13.6. The quantitative estimate of drug-likeness (QED) is 0.524. The summed E-state index contributed by atoms with van der Waals surface area (Å²) in [6.07, 6.45) is -0.602. The van der Waals surface area contributed by atoms with E-state index >= 15 is 0 Å². The second-order valence-electron chi connectivity index (χ2n) is 9.43. The van der Waals surface area contributed by atoms with Gasteiger partial charge in [-0.25, -0.2) is 12.8 Å². The van der Waals surface area contributed by atoms with Crippen LogP contribution in [0.2, 0.25) is 0 Å². The van der Waals surface area contributed by atoms with Gasteiger partial charge in [0, 0.05) is 25.6 Å². The normalized spacial score (nSPS) is 20.1. The molecule has 0 saturated heterocycles. The maximum Gasteiger partial charge on any atom is 0.256 e. The van der Waals surface area contributed by atoms with Crippen molar-refractivity contribution in [3.8, 4) is 16.9 Å². The van der Waals surface area contributed by atoms with Gasteiger partial charge in [-0.2, -0.15) is 4.31 Å². The molecule has 3 atom stereocenters. The highest BCUT2D eigenvalue weighted by Crippen LogP contribution is 2.36. The van der Waals surface area contributed by atoms with Crippen LogP contribution in [0.3, 0.4) is 0 Å². The number of carbonyl (C=O) groups is 1. The monoisotopic (exact) mass is 526 g/mol. The van der Waals surface area contributed by atoms with Crippen molar-refractivity contribution in [1.29, 1.82) is 0 Å². The molecular weight excluding hydrogens is 495 g/mol. The molecule has 37 heavy (non-hydrogen) atoms. The Morgan fingerprint density at radius 1 is 1.11 bits per heavy atom. The summed E-state index contributed by atoms with van der Waals surface area (Å²) in [5, 5.41) is 9.82. The standard InChI is InChI=1S/C28H31FN2O5S/c1-19-16-31(20(2)18-32)37(34,35)27-14-13-22(21-9-5-4-6-10-21)15-25(27)36-26(19)17-30(3)28(33)23-11-7-8-12-24(23)29/h4-15,19-20,26,32H,16-18H2,1-3H3/t19-,20-,26-/m0/s1. The number of carbonyl (C=O) groups excluding carboxylic acids is 1. The highest BCUT2D eigenvalue weighted by Gasteiger charge is 2.38. The average Bonchev–Trinajstić information content (AvgIpc) is 2.90. The Hall–Kier alpha value is -3.27. The minimum absolute atomic E-state index is 0.00698. The van der Waals surface area contributed by atoms with E-state index in [9.17, 15) is 22.7 Å². The molecule has 0 bridgehead atoms. The van der Waals surface area contributed by atoms with E-state index in [2.05, 4.69) is 0 Å². The van der Waals surface area contributed by atoms with Gasteiger partial charge in [0.05, 0.1) is 18.7 Å². The molecule has 0 aliphatic carbocycles. The van der Waals surface area contributed by atoms with Crippen molar-refractivity contribution in [3.63, 3.8) is 0 Å². The van der Waals surface area contributed by atoms with Gasteiger partial charge in [0.1, 0.15) is 22.6 Å². The first-order valence-electron chi connectivity index (χ1n) is 12.1. The number of aliphatic hydroxyl groups excluding tert-OH is 1. The molecule has 3 aromatic carbocycles. The fraction of sp³-hybridized carbons (Fsp3) is 0.321. The Morgan fingerprint density at radius 3 is 2.46 bits per heavy atom. The molecule has 196 valence electrons. The van der Waals surface area contributed by atoms with Gasteiger partial charge in [0.15, 0.2) is 0 Å². The molecule has 1 aliphatic rings. The van der Waals surface area contributed by atoms with Crippen LogP contribution in [0.5, 0.6) is 5.75 Å². The zero-order chi connectivity index (χ0) is 26.7. The zero-order valence-corrected chi connectivity index (χ0v) is 21.9. The number of hydrogen-bond acceptors (Lipinski definition) is 5. The molecule has 0 fully saturated rings. The van der Waals surface area contributed by atoms with Crippen molar-refractivity contribution >= 4 is 15.9 Å². The topological polar surface area (TPSA) is 87.2 Å². The lowest BCUT2D eigenvalue weighted by atomic mass is 10.0. The van der Waals surface area contributed by atoms with Gasteiger partial charge in [0.2, 0.25) is 10.0 Å². The molecule has 0 saturated carbocycles. The molecule has 0 radical (unpaired) electrons. The van der Waals surface area contributed by atoms with Crippen LogP contribution in [0.15, 0.2) is 77.7 Å². The third-order valence-corrected chi connectivity index (χ3v) is 8.70. The Kier molecular flexibility index (Phi) is 7.96. The van der Waals surface area contributed by atoms with Gasteiger partial charge in [-0.1, -0.05) is 55.5 Å². The molecule has 9 heteroatoms. The number of amides is 1. The number of hydrogen-bond donors (Lipinski definition) is 1. The van der Waals surface area contributed by atoms with Crippen molar-refractivity contribution in [2.75, 3.05) is 26.7 Å².